The zero-order valence-electron chi connectivity index (χ0n) is 20.0. The van der Waals surface area contributed by atoms with Crippen LogP contribution in [0.4, 0.5) is 0 Å². The van der Waals surface area contributed by atoms with Crippen LogP contribution in [0.15, 0.2) is 48.5 Å². The van der Waals surface area contributed by atoms with Gasteiger partial charge in [0.15, 0.2) is 11.6 Å². The van der Waals surface area contributed by atoms with E-state index in [4.69, 9.17) is 0 Å². The van der Waals surface area contributed by atoms with E-state index in [2.05, 4.69) is 0 Å². The number of rotatable bonds is 1. The van der Waals surface area contributed by atoms with Gasteiger partial charge in [0.25, 0.3) is 0 Å². The van der Waals surface area contributed by atoms with Crippen LogP contribution in [0.3, 0.4) is 0 Å². The third-order valence-electron chi connectivity index (χ3n) is 7.03. The van der Waals surface area contributed by atoms with Crippen molar-refractivity contribution in [2.24, 2.45) is 0 Å². The number of aromatic hydroxyl groups is 4. The number of carbonyl (C=O) groups is 4. The third kappa shape index (κ3) is 2.91. The quantitative estimate of drug-likeness (QED) is 0.257. The zero-order chi connectivity index (χ0) is 27.2. The van der Waals surface area contributed by atoms with Gasteiger partial charge in [-0.3, -0.25) is 19.2 Å². The van der Waals surface area contributed by atoms with E-state index in [1.165, 1.54) is 48.5 Å². The maximum absolute atomic E-state index is 13.8. The first kappa shape index (κ1) is 23.2. The van der Waals surface area contributed by atoms with Crippen LogP contribution in [-0.2, 0) is 0 Å². The minimum Gasteiger partial charge on any atom is -0.507 e. The van der Waals surface area contributed by atoms with Gasteiger partial charge in [0, 0.05) is 22.3 Å². The van der Waals surface area contributed by atoms with Crippen molar-refractivity contribution in [3.05, 3.63) is 104 Å². The van der Waals surface area contributed by atoms with Crippen molar-refractivity contribution in [3.8, 4) is 34.1 Å². The molecule has 8 heteroatoms. The van der Waals surface area contributed by atoms with Gasteiger partial charge >= 0.3 is 0 Å². The van der Waals surface area contributed by atoms with Crippen molar-refractivity contribution >= 4 is 23.1 Å². The Balaban J connectivity index is 1.68. The summed E-state index contributed by atoms with van der Waals surface area (Å²) in [5.41, 5.74) is -0.448. The maximum Gasteiger partial charge on any atom is 0.201 e. The SMILES string of the molecule is Cc1cc(O)c2c(c1)C(=O)c1c(-c3ccc(O)c4c3C(=O)c3cc(C)cc(O)c3C4=O)ccc(O)c1C2=O. The van der Waals surface area contributed by atoms with E-state index < -0.39 is 46.1 Å². The van der Waals surface area contributed by atoms with Gasteiger partial charge in [-0.2, -0.15) is 0 Å². The summed E-state index contributed by atoms with van der Waals surface area (Å²) >= 11 is 0. The molecule has 0 spiro atoms. The summed E-state index contributed by atoms with van der Waals surface area (Å²) in [5, 5.41) is 42.1. The largest absolute Gasteiger partial charge is 0.507 e. The smallest absolute Gasteiger partial charge is 0.201 e. The van der Waals surface area contributed by atoms with E-state index in [-0.39, 0.29) is 55.6 Å². The molecule has 4 aromatic carbocycles. The average molecular weight is 506 g/mol. The summed E-state index contributed by atoms with van der Waals surface area (Å²) in [4.78, 5) is 54.4. The molecule has 186 valence electrons. The molecule has 0 radical (unpaired) electrons. The van der Waals surface area contributed by atoms with E-state index in [1.807, 2.05) is 0 Å². The van der Waals surface area contributed by atoms with Crippen molar-refractivity contribution in [2.75, 3.05) is 0 Å². The highest BCUT2D eigenvalue weighted by Crippen LogP contribution is 2.46. The molecule has 0 unspecified atom stereocenters. The van der Waals surface area contributed by atoms with Crippen LogP contribution < -0.4 is 0 Å². The predicted molar refractivity (Wildman–Crippen MR) is 135 cm³/mol. The fraction of sp³-hybridized carbons (Fsp3) is 0.0667. The predicted octanol–water partition coefficient (Wildman–Crippen LogP) is 4.34. The second kappa shape index (κ2) is 7.63. The Morgan fingerprint density at radius 1 is 0.395 bits per heavy atom. The summed E-state index contributed by atoms with van der Waals surface area (Å²) in [6.45, 7) is 3.29. The Morgan fingerprint density at radius 2 is 0.763 bits per heavy atom. The van der Waals surface area contributed by atoms with Gasteiger partial charge in [-0.05, 0) is 84.6 Å². The molecule has 0 atom stereocenters. The highest BCUT2D eigenvalue weighted by molar-refractivity contribution is 6.35. The van der Waals surface area contributed by atoms with Crippen LogP contribution in [0.2, 0.25) is 0 Å². The van der Waals surface area contributed by atoms with E-state index in [1.54, 1.807) is 13.8 Å². The second-order valence-electron chi connectivity index (χ2n) is 9.49. The molecule has 38 heavy (non-hydrogen) atoms. The number of benzene rings is 4. The standard InChI is InChI=1S/C30H18O8/c1-11-7-15-21(19(33)9-11)29(37)25-17(31)5-3-13(23(25)27(15)35)14-4-6-18(32)26-24(14)28(36)16-8-12(2)10-20(34)22(16)30(26)38/h3-10,31-34H,1-2H3. The lowest BCUT2D eigenvalue weighted by molar-refractivity contribution is 0.0973. The minimum absolute atomic E-state index is 0.0622. The van der Waals surface area contributed by atoms with Gasteiger partial charge in [-0.15, -0.1) is 0 Å². The van der Waals surface area contributed by atoms with Crippen LogP contribution >= 0.6 is 0 Å². The first-order valence-corrected chi connectivity index (χ1v) is 11.6. The zero-order valence-corrected chi connectivity index (χ0v) is 20.0. The summed E-state index contributed by atoms with van der Waals surface area (Å²) in [7, 11) is 0. The van der Waals surface area contributed by atoms with E-state index in [0.29, 0.717) is 11.1 Å². The van der Waals surface area contributed by atoms with Gasteiger partial charge in [-0.25, -0.2) is 0 Å². The average Bonchev–Trinajstić information content (AvgIpc) is 2.84. The van der Waals surface area contributed by atoms with Crippen LogP contribution in [0.1, 0.15) is 74.8 Å². The number of phenolic OH excluding ortho intramolecular Hbond substituents is 4. The Bertz CT molecular complexity index is 1710. The molecule has 2 aliphatic rings. The fourth-order valence-electron chi connectivity index (χ4n) is 5.45. The lowest BCUT2D eigenvalue weighted by atomic mass is 9.75. The monoisotopic (exact) mass is 506 g/mol. The first-order chi connectivity index (χ1) is 18.0. The van der Waals surface area contributed by atoms with E-state index >= 15 is 0 Å². The van der Waals surface area contributed by atoms with Crippen molar-refractivity contribution < 1.29 is 39.6 Å². The third-order valence-corrected chi connectivity index (χ3v) is 7.03. The molecule has 8 nitrogen and oxygen atoms in total. The number of hydrogen-bond acceptors (Lipinski definition) is 8. The Labute approximate surface area is 215 Å². The molecule has 0 heterocycles. The Kier molecular flexibility index (Phi) is 4.65. The normalized spacial score (nSPS) is 13.6. The summed E-state index contributed by atoms with van der Waals surface area (Å²) < 4.78 is 0. The highest BCUT2D eigenvalue weighted by atomic mass is 16.3. The Morgan fingerprint density at radius 3 is 1.13 bits per heavy atom. The number of hydrogen-bond donors (Lipinski definition) is 4. The van der Waals surface area contributed by atoms with E-state index in [0.717, 1.165) is 0 Å². The number of carbonyl (C=O) groups excluding carboxylic acids is 4. The molecular formula is C30H18O8. The van der Waals surface area contributed by atoms with Gasteiger partial charge in [0.1, 0.15) is 23.0 Å². The molecular weight excluding hydrogens is 488 g/mol. The number of ketones is 4. The fourth-order valence-corrected chi connectivity index (χ4v) is 5.45. The van der Waals surface area contributed by atoms with Gasteiger partial charge in [0.2, 0.25) is 11.6 Å². The summed E-state index contributed by atoms with van der Waals surface area (Å²) in [6.07, 6.45) is 0. The molecule has 6 rings (SSSR count). The topological polar surface area (TPSA) is 149 Å². The number of aryl methyl sites for hydroxylation is 2. The number of phenols is 4. The molecule has 4 N–H and O–H groups in total. The lowest BCUT2D eigenvalue weighted by Gasteiger charge is -2.25. The molecule has 0 saturated carbocycles. The lowest BCUT2D eigenvalue weighted by Crippen LogP contribution is -2.24. The molecule has 0 fully saturated rings. The van der Waals surface area contributed by atoms with Crippen molar-refractivity contribution in [2.45, 2.75) is 13.8 Å². The Hall–Kier alpha value is -5.24. The van der Waals surface area contributed by atoms with Crippen molar-refractivity contribution in [1.29, 1.82) is 0 Å². The summed E-state index contributed by atoms with van der Waals surface area (Å²) in [5.74, 6) is -4.65. The minimum atomic E-state index is -0.771. The van der Waals surface area contributed by atoms with Crippen molar-refractivity contribution in [3.63, 3.8) is 0 Å². The van der Waals surface area contributed by atoms with Crippen LogP contribution in [0, 0.1) is 13.8 Å². The molecule has 0 amide bonds. The van der Waals surface area contributed by atoms with Crippen LogP contribution in [0.25, 0.3) is 11.1 Å². The molecule has 2 aliphatic carbocycles. The first-order valence-electron chi connectivity index (χ1n) is 11.6. The number of fused-ring (bicyclic) bond motifs is 4. The van der Waals surface area contributed by atoms with Crippen molar-refractivity contribution in [1.82, 2.24) is 0 Å². The van der Waals surface area contributed by atoms with Crippen LogP contribution in [-0.4, -0.2) is 43.6 Å². The van der Waals surface area contributed by atoms with Gasteiger partial charge in [-0.1, -0.05) is 0 Å². The second-order valence-corrected chi connectivity index (χ2v) is 9.49. The van der Waals surface area contributed by atoms with Gasteiger partial charge in [0.05, 0.1) is 22.3 Å². The summed E-state index contributed by atoms with van der Waals surface area (Å²) in [6, 6.07) is 10.7. The molecule has 0 bridgehead atoms. The van der Waals surface area contributed by atoms with Gasteiger partial charge < -0.3 is 20.4 Å². The molecule has 4 aromatic rings. The van der Waals surface area contributed by atoms with E-state index in [9.17, 15) is 39.6 Å². The molecule has 0 aromatic heterocycles. The maximum atomic E-state index is 13.8. The molecule has 0 aliphatic heterocycles. The molecule has 0 saturated heterocycles. The van der Waals surface area contributed by atoms with Crippen LogP contribution in [0.5, 0.6) is 23.0 Å². The highest BCUT2D eigenvalue weighted by Gasteiger charge is 2.40.